The number of piperazine rings is 1. The maximum absolute atomic E-state index is 14.0. The second-order valence-electron chi connectivity index (χ2n) is 6.87. The molecule has 1 aliphatic heterocycles. The topological polar surface area (TPSA) is 35.5 Å². The quantitative estimate of drug-likeness (QED) is 0.791. The fraction of sp³-hybridized carbons (Fsp3) is 0.500. The van der Waals surface area contributed by atoms with Gasteiger partial charge in [0.15, 0.2) is 0 Å². The van der Waals surface area contributed by atoms with Crippen molar-refractivity contribution in [2.75, 3.05) is 54.5 Å². The summed E-state index contributed by atoms with van der Waals surface area (Å²) in [5.74, 6) is 1.59. The lowest BCUT2D eigenvalue weighted by atomic mass is 10.2. The second kappa shape index (κ2) is 8.34. The molecule has 140 valence electrons. The van der Waals surface area contributed by atoms with Crippen LogP contribution in [0.15, 0.2) is 30.3 Å². The van der Waals surface area contributed by atoms with Gasteiger partial charge in [-0.05, 0) is 25.5 Å². The van der Waals surface area contributed by atoms with Gasteiger partial charge in [-0.3, -0.25) is 0 Å². The van der Waals surface area contributed by atoms with E-state index in [1.54, 1.807) is 6.07 Å². The monoisotopic (exact) mass is 357 g/mol. The Bertz CT molecular complexity index is 728. The Kier molecular flexibility index (Phi) is 5.91. The fourth-order valence-corrected chi connectivity index (χ4v) is 3.25. The van der Waals surface area contributed by atoms with Gasteiger partial charge in [-0.15, -0.1) is 0 Å². The van der Waals surface area contributed by atoms with Crippen LogP contribution in [-0.4, -0.2) is 49.7 Å². The first-order chi connectivity index (χ1) is 12.6. The third-order valence-electron chi connectivity index (χ3n) is 4.81. The predicted molar refractivity (Wildman–Crippen MR) is 106 cm³/mol. The van der Waals surface area contributed by atoms with Crippen molar-refractivity contribution in [1.29, 1.82) is 0 Å². The van der Waals surface area contributed by atoms with Crippen LogP contribution in [0.25, 0.3) is 0 Å². The highest BCUT2D eigenvalue weighted by molar-refractivity contribution is 5.51. The molecule has 0 N–H and O–H groups in total. The largest absolute Gasteiger partial charge is 0.366 e. The van der Waals surface area contributed by atoms with Gasteiger partial charge in [0, 0.05) is 51.5 Å². The Hall–Kier alpha value is -2.37. The van der Waals surface area contributed by atoms with Crippen LogP contribution in [0, 0.1) is 12.7 Å². The molecule has 1 fully saturated rings. The lowest BCUT2D eigenvalue weighted by molar-refractivity contribution is 0.596. The van der Waals surface area contributed by atoms with E-state index in [4.69, 9.17) is 4.98 Å². The van der Waals surface area contributed by atoms with Crippen molar-refractivity contribution in [3.05, 3.63) is 41.8 Å². The number of para-hydroxylation sites is 1. The molecule has 0 radical (unpaired) electrons. The molecule has 1 saturated heterocycles. The van der Waals surface area contributed by atoms with Crippen LogP contribution in [0.2, 0.25) is 0 Å². The van der Waals surface area contributed by atoms with Gasteiger partial charge in [0.25, 0.3) is 0 Å². The molecule has 6 heteroatoms. The maximum Gasteiger partial charge on any atom is 0.227 e. The van der Waals surface area contributed by atoms with Crippen LogP contribution >= 0.6 is 0 Å². The SMILES string of the molecule is CCCCN(C)c1nc(C)cc(N2CCN(c3ccccc3F)CC2)n1. The summed E-state index contributed by atoms with van der Waals surface area (Å²) in [6.07, 6.45) is 2.28. The van der Waals surface area contributed by atoms with E-state index >= 15 is 0 Å². The molecule has 0 amide bonds. The Morgan fingerprint density at radius 2 is 1.77 bits per heavy atom. The van der Waals surface area contributed by atoms with E-state index in [1.165, 1.54) is 6.07 Å². The third-order valence-corrected chi connectivity index (χ3v) is 4.81. The smallest absolute Gasteiger partial charge is 0.227 e. The first-order valence-corrected chi connectivity index (χ1v) is 9.39. The Morgan fingerprint density at radius 1 is 1.08 bits per heavy atom. The fourth-order valence-electron chi connectivity index (χ4n) is 3.25. The van der Waals surface area contributed by atoms with E-state index in [-0.39, 0.29) is 5.82 Å². The van der Waals surface area contributed by atoms with Crippen molar-refractivity contribution >= 4 is 17.5 Å². The first-order valence-electron chi connectivity index (χ1n) is 9.39. The highest BCUT2D eigenvalue weighted by Crippen LogP contribution is 2.23. The van der Waals surface area contributed by atoms with Gasteiger partial charge in [0.2, 0.25) is 5.95 Å². The zero-order valence-electron chi connectivity index (χ0n) is 16.0. The summed E-state index contributed by atoms with van der Waals surface area (Å²) in [4.78, 5) is 15.9. The molecule has 1 aromatic carbocycles. The molecular formula is C20H28FN5. The van der Waals surface area contributed by atoms with Gasteiger partial charge in [0.05, 0.1) is 5.69 Å². The number of hydrogen-bond acceptors (Lipinski definition) is 5. The predicted octanol–water partition coefficient (Wildman–Crippen LogP) is 3.49. The number of hydrogen-bond donors (Lipinski definition) is 0. The standard InChI is InChI=1S/C20H28FN5/c1-4-5-10-24(3)20-22-16(2)15-19(23-20)26-13-11-25(12-14-26)18-9-7-6-8-17(18)21/h6-9,15H,4-5,10-14H2,1-3H3. The number of rotatable bonds is 6. The minimum atomic E-state index is -0.154. The molecule has 1 aromatic heterocycles. The molecule has 3 rings (SSSR count). The summed E-state index contributed by atoms with van der Waals surface area (Å²) in [5, 5.41) is 0. The van der Waals surface area contributed by atoms with Crippen molar-refractivity contribution in [3.63, 3.8) is 0 Å². The lowest BCUT2D eigenvalue weighted by Crippen LogP contribution is -2.47. The summed E-state index contributed by atoms with van der Waals surface area (Å²) >= 11 is 0. The third kappa shape index (κ3) is 4.23. The molecule has 0 saturated carbocycles. The zero-order valence-corrected chi connectivity index (χ0v) is 16.0. The van der Waals surface area contributed by atoms with E-state index in [1.807, 2.05) is 32.2 Å². The average Bonchev–Trinajstić information content (AvgIpc) is 2.66. The second-order valence-corrected chi connectivity index (χ2v) is 6.87. The highest BCUT2D eigenvalue weighted by atomic mass is 19.1. The van der Waals surface area contributed by atoms with E-state index in [0.29, 0.717) is 5.69 Å². The van der Waals surface area contributed by atoms with Crippen LogP contribution in [0.4, 0.5) is 21.8 Å². The Labute approximate surface area is 155 Å². The molecule has 0 spiro atoms. The molecule has 2 aromatic rings. The van der Waals surface area contributed by atoms with E-state index < -0.39 is 0 Å². The number of aryl methyl sites for hydroxylation is 1. The zero-order chi connectivity index (χ0) is 18.5. The molecular weight excluding hydrogens is 329 g/mol. The lowest BCUT2D eigenvalue weighted by Gasteiger charge is -2.37. The van der Waals surface area contributed by atoms with Gasteiger partial charge in [-0.1, -0.05) is 25.5 Å². The number of unbranched alkanes of at least 4 members (excludes halogenated alkanes) is 1. The Morgan fingerprint density at radius 3 is 2.46 bits per heavy atom. The Balaban J connectivity index is 1.69. The summed E-state index contributed by atoms with van der Waals surface area (Å²) in [6, 6.07) is 9.02. The molecule has 0 atom stereocenters. The van der Waals surface area contributed by atoms with Crippen LogP contribution in [0.5, 0.6) is 0 Å². The number of halogens is 1. The summed E-state index contributed by atoms with van der Waals surface area (Å²) in [5.41, 5.74) is 1.66. The van der Waals surface area contributed by atoms with Gasteiger partial charge in [-0.2, -0.15) is 4.98 Å². The van der Waals surface area contributed by atoms with E-state index in [0.717, 1.165) is 63.0 Å². The minimum Gasteiger partial charge on any atom is -0.366 e. The molecule has 0 unspecified atom stereocenters. The first kappa shape index (κ1) is 18.4. The summed E-state index contributed by atoms with van der Waals surface area (Å²) in [6.45, 7) is 8.37. The van der Waals surface area contributed by atoms with Crippen LogP contribution in [0.1, 0.15) is 25.5 Å². The van der Waals surface area contributed by atoms with E-state index in [2.05, 4.69) is 26.6 Å². The molecule has 2 heterocycles. The van der Waals surface area contributed by atoms with Gasteiger partial charge in [-0.25, -0.2) is 9.37 Å². The van der Waals surface area contributed by atoms with Crippen LogP contribution in [-0.2, 0) is 0 Å². The molecule has 0 bridgehead atoms. The molecule has 26 heavy (non-hydrogen) atoms. The van der Waals surface area contributed by atoms with Crippen LogP contribution in [0.3, 0.4) is 0 Å². The summed E-state index contributed by atoms with van der Waals surface area (Å²) in [7, 11) is 2.05. The van der Waals surface area contributed by atoms with Crippen molar-refractivity contribution < 1.29 is 4.39 Å². The molecule has 1 aliphatic rings. The summed E-state index contributed by atoms with van der Waals surface area (Å²) < 4.78 is 14.0. The van der Waals surface area contributed by atoms with Crippen molar-refractivity contribution in [2.24, 2.45) is 0 Å². The average molecular weight is 357 g/mol. The normalized spacial score (nSPS) is 14.6. The van der Waals surface area contributed by atoms with E-state index in [9.17, 15) is 4.39 Å². The minimum absolute atomic E-state index is 0.154. The number of aromatic nitrogens is 2. The number of nitrogens with zero attached hydrogens (tertiary/aromatic N) is 5. The van der Waals surface area contributed by atoms with Gasteiger partial charge < -0.3 is 14.7 Å². The maximum atomic E-state index is 14.0. The van der Waals surface area contributed by atoms with Crippen molar-refractivity contribution in [3.8, 4) is 0 Å². The van der Waals surface area contributed by atoms with Gasteiger partial charge >= 0.3 is 0 Å². The highest BCUT2D eigenvalue weighted by Gasteiger charge is 2.21. The van der Waals surface area contributed by atoms with Crippen LogP contribution < -0.4 is 14.7 Å². The van der Waals surface area contributed by atoms with Crippen molar-refractivity contribution in [1.82, 2.24) is 9.97 Å². The van der Waals surface area contributed by atoms with Crippen molar-refractivity contribution in [2.45, 2.75) is 26.7 Å². The number of benzene rings is 1. The molecule has 0 aliphatic carbocycles. The van der Waals surface area contributed by atoms with Gasteiger partial charge in [0.1, 0.15) is 11.6 Å². The molecule has 5 nitrogen and oxygen atoms in total. The number of anilines is 3.